The molecule has 34 heavy (non-hydrogen) atoms. The monoisotopic (exact) mass is 466 g/mol. The third-order valence-corrected chi connectivity index (χ3v) is 6.84. The second kappa shape index (κ2) is 9.46. The fraction of sp³-hybridized carbons (Fsp3) is 0.423. The molecule has 0 aromatic heterocycles. The first-order chi connectivity index (χ1) is 16.2. The minimum absolute atomic E-state index is 0.00242. The van der Waals surface area contributed by atoms with Gasteiger partial charge in [0.25, 0.3) is 0 Å². The lowest BCUT2D eigenvalue weighted by Gasteiger charge is -2.25. The maximum atomic E-state index is 12.7. The molecule has 2 unspecified atom stereocenters. The zero-order valence-electron chi connectivity index (χ0n) is 19.4. The van der Waals surface area contributed by atoms with E-state index in [0.29, 0.717) is 0 Å². The highest BCUT2D eigenvalue weighted by Gasteiger charge is 2.44. The smallest absolute Gasteiger partial charge is 0.407 e. The summed E-state index contributed by atoms with van der Waals surface area (Å²) in [7, 11) is 0. The summed E-state index contributed by atoms with van der Waals surface area (Å²) in [4.78, 5) is 38.0. The summed E-state index contributed by atoms with van der Waals surface area (Å²) in [6, 6.07) is 15.7. The predicted octanol–water partition coefficient (Wildman–Crippen LogP) is 2.99. The van der Waals surface area contributed by atoms with Crippen molar-refractivity contribution in [1.82, 2.24) is 10.2 Å². The van der Waals surface area contributed by atoms with E-state index in [9.17, 15) is 24.6 Å². The van der Waals surface area contributed by atoms with Crippen LogP contribution in [0.25, 0.3) is 11.1 Å². The van der Waals surface area contributed by atoms with Crippen LogP contribution in [0.3, 0.4) is 0 Å². The lowest BCUT2D eigenvalue weighted by atomic mass is 9.98. The zero-order chi connectivity index (χ0) is 24.5. The molecule has 2 amide bonds. The minimum atomic E-state index is -1.91. The SMILES string of the molecule is CC(C)C(CC(=O)N1CCC(O)(C(=O)O)C1)NC(=O)OCC1c2ccccc2-c2ccccc21. The Morgan fingerprint density at radius 2 is 1.68 bits per heavy atom. The standard InChI is InChI=1S/C26H30N2O6/c1-16(2)22(13-23(29)28-12-11-26(33,15-28)24(30)31)27-25(32)34-14-21-19-9-5-3-7-17(19)18-8-4-6-10-20(18)21/h3-10,16,21-22,33H,11-15H2,1-2H3,(H,27,32)(H,30,31). The molecule has 0 spiro atoms. The summed E-state index contributed by atoms with van der Waals surface area (Å²) < 4.78 is 5.60. The van der Waals surface area contributed by atoms with Crippen LogP contribution in [0.15, 0.2) is 48.5 Å². The second-order valence-corrected chi connectivity index (χ2v) is 9.43. The van der Waals surface area contributed by atoms with E-state index in [1.54, 1.807) is 0 Å². The third kappa shape index (κ3) is 4.63. The number of β-amino-alcohol motifs (C(OH)–C–C–N with tert-alkyl or cyclic N) is 1. The van der Waals surface area contributed by atoms with E-state index in [1.807, 2.05) is 50.2 Å². The Kier molecular flexibility index (Phi) is 6.61. The number of fused-ring (bicyclic) bond motifs is 3. The summed E-state index contributed by atoms with van der Waals surface area (Å²) in [5.74, 6) is -1.75. The van der Waals surface area contributed by atoms with Gasteiger partial charge < -0.3 is 25.2 Å². The molecule has 8 heteroatoms. The molecule has 3 N–H and O–H groups in total. The number of amides is 2. The first-order valence-electron chi connectivity index (χ1n) is 11.5. The maximum Gasteiger partial charge on any atom is 0.407 e. The minimum Gasteiger partial charge on any atom is -0.479 e. The van der Waals surface area contributed by atoms with E-state index < -0.39 is 23.7 Å². The summed E-state index contributed by atoms with van der Waals surface area (Å²) in [5, 5.41) is 22.1. The molecule has 1 heterocycles. The van der Waals surface area contributed by atoms with Crippen molar-refractivity contribution in [2.24, 2.45) is 5.92 Å². The Hall–Kier alpha value is -3.39. The molecule has 4 rings (SSSR count). The van der Waals surface area contributed by atoms with Crippen LogP contribution < -0.4 is 5.32 Å². The highest BCUT2D eigenvalue weighted by atomic mass is 16.5. The van der Waals surface area contributed by atoms with Crippen molar-refractivity contribution in [2.45, 2.75) is 44.2 Å². The number of aliphatic carboxylic acids is 1. The van der Waals surface area contributed by atoms with Crippen LogP contribution in [0.1, 0.15) is 43.7 Å². The number of benzene rings is 2. The summed E-state index contributed by atoms with van der Waals surface area (Å²) in [6.45, 7) is 3.86. The molecule has 1 aliphatic carbocycles. The van der Waals surface area contributed by atoms with Crippen molar-refractivity contribution in [3.63, 3.8) is 0 Å². The Labute approximate surface area is 198 Å². The Bertz CT molecular complexity index is 1050. The quantitative estimate of drug-likeness (QED) is 0.578. The van der Waals surface area contributed by atoms with Gasteiger partial charge in [-0.15, -0.1) is 0 Å². The third-order valence-electron chi connectivity index (χ3n) is 6.84. The van der Waals surface area contributed by atoms with Gasteiger partial charge in [0.2, 0.25) is 5.91 Å². The van der Waals surface area contributed by atoms with E-state index in [2.05, 4.69) is 17.4 Å². The van der Waals surface area contributed by atoms with Crippen molar-refractivity contribution in [1.29, 1.82) is 0 Å². The van der Waals surface area contributed by atoms with Crippen molar-refractivity contribution in [3.05, 3.63) is 59.7 Å². The van der Waals surface area contributed by atoms with Gasteiger partial charge in [0.15, 0.2) is 5.60 Å². The van der Waals surface area contributed by atoms with Gasteiger partial charge in [-0.1, -0.05) is 62.4 Å². The van der Waals surface area contributed by atoms with Gasteiger partial charge in [-0.05, 0) is 28.2 Å². The Morgan fingerprint density at radius 1 is 1.09 bits per heavy atom. The molecule has 0 saturated carbocycles. The number of carboxylic acids is 1. The van der Waals surface area contributed by atoms with Crippen LogP contribution in [0.5, 0.6) is 0 Å². The topological polar surface area (TPSA) is 116 Å². The molecule has 1 saturated heterocycles. The molecule has 2 atom stereocenters. The average Bonchev–Trinajstić information content (AvgIpc) is 3.37. The molecule has 1 fully saturated rings. The number of hydrogen-bond acceptors (Lipinski definition) is 5. The molecule has 8 nitrogen and oxygen atoms in total. The number of hydrogen-bond donors (Lipinski definition) is 3. The van der Waals surface area contributed by atoms with E-state index >= 15 is 0 Å². The molecular formula is C26H30N2O6. The van der Waals surface area contributed by atoms with Crippen LogP contribution in [0.4, 0.5) is 4.79 Å². The number of nitrogens with one attached hydrogen (secondary N) is 1. The number of rotatable bonds is 7. The fourth-order valence-corrected chi connectivity index (χ4v) is 4.74. The van der Waals surface area contributed by atoms with E-state index in [-0.39, 0.29) is 50.3 Å². The highest BCUT2D eigenvalue weighted by molar-refractivity contribution is 5.83. The van der Waals surface area contributed by atoms with Crippen LogP contribution in [-0.2, 0) is 14.3 Å². The van der Waals surface area contributed by atoms with E-state index in [0.717, 1.165) is 22.3 Å². The largest absolute Gasteiger partial charge is 0.479 e. The molecule has 0 radical (unpaired) electrons. The van der Waals surface area contributed by atoms with Crippen LogP contribution in [-0.4, -0.2) is 64.4 Å². The van der Waals surface area contributed by atoms with Gasteiger partial charge >= 0.3 is 12.1 Å². The first-order valence-corrected chi connectivity index (χ1v) is 11.5. The number of carboxylic acid groups (broad SMARTS) is 1. The van der Waals surface area contributed by atoms with Crippen LogP contribution in [0, 0.1) is 5.92 Å². The molecule has 2 aromatic rings. The number of alkyl carbamates (subject to hydrolysis) is 1. The van der Waals surface area contributed by atoms with Gasteiger partial charge in [-0.3, -0.25) is 4.79 Å². The Balaban J connectivity index is 1.36. The Morgan fingerprint density at radius 3 is 2.21 bits per heavy atom. The van der Waals surface area contributed by atoms with Crippen molar-refractivity contribution in [3.8, 4) is 11.1 Å². The van der Waals surface area contributed by atoms with Crippen LogP contribution in [0.2, 0.25) is 0 Å². The number of carbonyl (C=O) groups is 3. The molecule has 2 aromatic carbocycles. The zero-order valence-corrected chi connectivity index (χ0v) is 19.4. The molecule has 0 bridgehead atoms. The van der Waals surface area contributed by atoms with Crippen molar-refractivity contribution in [2.75, 3.05) is 19.7 Å². The predicted molar refractivity (Wildman–Crippen MR) is 125 cm³/mol. The van der Waals surface area contributed by atoms with E-state index in [1.165, 1.54) is 4.90 Å². The van der Waals surface area contributed by atoms with Gasteiger partial charge in [0.1, 0.15) is 6.61 Å². The van der Waals surface area contributed by atoms with Gasteiger partial charge in [-0.2, -0.15) is 0 Å². The van der Waals surface area contributed by atoms with Gasteiger partial charge in [0.05, 0.1) is 6.54 Å². The summed E-state index contributed by atoms with van der Waals surface area (Å²) in [5.41, 5.74) is 2.61. The number of nitrogens with zero attached hydrogens (tertiary/aromatic N) is 1. The highest BCUT2D eigenvalue weighted by Crippen LogP contribution is 2.44. The lowest BCUT2D eigenvalue weighted by Crippen LogP contribution is -2.45. The number of likely N-dealkylation sites (tertiary alicyclic amines) is 1. The first kappa shape index (κ1) is 23.8. The molecule has 180 valence electrons. The normalized spacial score (nSPS) is 20.1. The summed E-state index contributed by atoms with van der Waals surface area (Å²) >= 11 is 0. The molecule has 1 aliphatic heterocycles. The second-order valence-electron chi connectivity index (χ2n) is 9.43. The molecule has 2 aliphatic rings. The lowest BCUT2D eigenvalue weighted by molar-refractivity contribution is -0.157. The van der Waals surface area contributed by atoms with Crippen molar-refractivity contribution >= 4 is 18.0 Å². The number of carbonyl (C=O) groups excluding carboxylic acids is 2. The van der Waals surface area contributed by atoms with Crippen LogP contribution >= 0.6 is 0 Å². The average molecular weight is 467 g/mol. The number of aliphatic hydroxyl groups is 1. The summed E-state index contributed by atoms with van der Waals surface area (Å²) in [6.07, 6.45) is -0.616. The fourth-order valence-electron chi connectivity index (χ4n) is 4.74. The number of ether oxygens (including phenoxy) is 1. The van der Waals surface area contributed by atoms with Gasteiger partial charge in [0, 0.05) is 31.3 Å². The van der Waals surface area contributed by atoms with E-state index in [4.69, 9.17) is 4.74 Å². The molecular weight excluding hydrogens is 436 g/mol. The van der Waals surface area contributed by atoms with Crippen molar-refractivity contribution < 1.29 is 29.3 Å². The maximum absolute atomic E-state index is 12.7. The van der Waals surface area contributed by atoms with Gasteiger partial charge in [-0.25, -0.2) is 9.59 Å².